The second-order valence-corrected chi connectivity index (χ2v) is 9.29. The molecule has 0 unspecified atom stereocenters. The topological polar surface area (TPSA) is 132 Å². The number of anilines is 3. The number of carbonyl (C=O) groups excluding carboxylic acids is 2. The zero-order valence-electron chi connectivity index (χ0n) is 23.1. The monoisotopic (exact) mass is 567 g/mol. The van der Waals surface area contributed by atoms with Gasteiger partial charge in [0.1, 0.15) is 18.1 Å². The minimum atomic E-state index is -1.01. The van der Waals surface area contributed by atoms with E-state index in [1.54, 1.807) is 72.8 Å². The van der Waals surface area contributed by atoms with E-state index in [-0.39, 0.29) is 13.2 Å². The molecule has 0 saturated carbocycles. The van der Waals surface area contributed by atoms with Gasteiger partial charge in [-0.05, 0) is 61.5 Å². The number of carbonyl (C=O) groups is 2. The molecule has 4 rings (SSSR count). The van der Waals surface area contributed by atoms with Gasteiger partial charge in [-0.2, -0.15) is 0 Å². The molecule has 4 aromatic rings. The Morgan fingerprint density at radius 1 is 0.881 bits per heavy atom. The Morgan fingerprint density at radius 3 is 2.33 bits per heavy atom. The van der Waals surface area contributed by atoms with E-state index in [2.05, 4.69) is 10.6 Å². The fraction of sp³-hybridized carbons (Fsp3) is 0.152. The van der Waals surface area contributed by atoms with Crippen molar-refractivity contribution in [1.29, 1.82) is 0 Å². The van der Waals surface area contributed by atoms with E-state index in [1.807, 2.05) is 37.3 Å². The number of nitrogen functional groups attached to an aromatic ring is 1. The minimum Gasteiger partial charge on any atom is -0.491 e. The van der Waals surface area contributed by atoms with Crippen molar-refractivity contribution >= 4 is 29.1 Å². The summed E-state index contributed by atoms with van der Waals surface area (Å²) in [6.07, 6.45) is 0.150. The molecule has 4 aromatic carbocycles. The van der Waals surface area contributed by atoms with Crippen LogP contribution in [0.15, 0.2) is 115 Å². The lowest BCUT2D eigenvalue weighted by Gasteiger charge is -2.26. The second kappa shape index (κ2) is 14.9. The van der Waals surface area contributed by atoms with Crippen molar-refractivity contribution in [2.24, 2.45) is 0 Å². The first-order valence-electron chi connectivity index (χ1n) is 13.3. The highest BCUT2D eigenvalue weighted by Crippen LogP contribution is 2.30. The minimum absolute atomic E-state index is 0.0928. The summed E-state index contributed by atoms with van der Waals surface area (Å²) in [5, 5.41) is 14.7. The number of hydrogen-bond donors (Lipinski definition) is 4. The zero-order valence-corrected chi connectivity index (χ0v) is 23.1. The van der Waals surface area contributed by atoms with E-state index in [1.165, 1.54) is 12.2 Å². The molecule has 0 aromatic heterocycles. The smallest absolute Gasteiger partial charge is 0.412 e. The number of aliphatic hydroxyl groups is 1. The van der Waals surface area contributed by atoms with Gasteiger partial charge in [-0.3, -0.25) is 10.1 Å². The Bertz CT molecular complexity index is 1490. The highest BCUT2D eigenvalue weighted by Gasteiger charge is 2.28. The van der Waals surface area contributed by atoms with Crippen LogP contribution in [0.1, 0.15) is 17.2 Å². The number of hydrogen-bond acceptors (Lipinski definition) is 7. The van der Waals surface area contributed by atoms with Crippen molar-refractivity contribution in [3.63, 3.8) is 0 Å². The molecule has 0 radical (unpaired) electrons. The third-order valence-electron chi connectivity index (χ3n) is 6.05. The number of aliphatic hydroxyl groups excluding tert-OH is 1. The van der Waals surface area contributed by atoms with Gasteiger partial charge < -0.3 is 30.4 Å². The number of nitrogens with one attached hydrogen (secondary N) is 2. The van der Waals surface area contributed by atoms with Gasteiger partial charge in [0.25, 0.3) is 0 Å². The molecular formula is C33H33N3O6. The van der Waals surface area contributed by atoms with Gasteiger partial charge in [0.2, 0.25) is 5.91 Å². The average molecular weight is 568 g/mol. The molecule has 5 N–H and O–H groups in total. The first-order chi connectivity index (χ1) is 20.4. The van der Waals surface area contributed by atoms with E-state index in [0.717, 1.165) is 5.56 Å². The molecular weight excluding hydrogens is 534 g/mol. The number of ether oxygens (including phenoxy) is 3. The summed E-state index contributed by atoms with van der Waals surface area (Å²) < 4.78 is 17.8. The third kappa shape index (κ3) is 8.87. The van der Waals surface area contributed by atoms with Crippen molar-refractivity contribution in [3.8, 4) is 11.5 Å². The molecule has 0 spiro atoms. The summed E-state index contributed by atoms with van der Waals surface area (Å²) >= 11 is 0. The first kappa shape index (κ1) is 29.7. The lowest BCUT2D eigenvalue weighted by atomic mass is 10.0. The van der Waals surface area contributed by atoms with Crippen LogP contribution in [0.3, 0.4) is 0 Å². The van der Waals surface area contributed by atoms with Gasteiger partial charge >= 0.3 is 6.09 Å². The normalized spacial score (nSPS) is 12.2. The molecule has 216 valence electrons. The molecule has 0 heterocycles. The van der Waals surface area contributed by atoms with Crippen LogP contribution in [0.25, 0.3) is 0 Å². The Hall–Kier alpha value is -5.28. The molecule has 2 atom stereocenters. The fourth-order valence-corrected chi connectivity index (χ4v) is 3.99. The van der Waals surface area contributed by atoms with E-state index in [9.17, 15) is 14.7 Å². The number of aryl methyl sites for hydroxylation is 1. The number of nitrogens with two attached hydrogens (primary N) is 1. The summed E-state index contributed by atoms with van der Waals surface area (Å²) in [6.45, 7) is 1.88. The van der Waals surface area contributed by atoms with Crippen LogP contribution in [0.2, 0.25) is 0 Å². The van der Waals surface area contributed by atoms with Crippen molar-refractivity contribution in [2.45, 2.75) is 19.1 Å². The second-order valence-electron chi connectivity index (χ2n) is 9.29. The van der Waals surface area contributed by atoms with Crippen LogP contribution in [-0.4, -0.2) is 36.4 Å². The van der Waals surface area contributed by atoms with Gasteiger partial charge in [-0.1, -0.05) is 60.2 Å². The summed E-state index contributed by atoms with van der Waals surface area (Å²) in [5.41, 5.74) is 9.00. The summed E-state index contributed by atoms with van der Waals surface area (Å²) in [4.78, 5) is 26.0. The van der Waals surface area contributed by atoms with E-state index in [0.29, 0.717) is 34.1 Å². The van der Waals surface area contributed by atoms with Crippen molar-refractivity contribution in [1.82, 2.24) is 0 Å². The van der Waals surface area contributed by atoms with E-state index < -0.39 is 24.2 Å². The van der Waals surface area contributed by atoms with Crippen molar-refractivity contribution in [2.75, 3.05) is 29.6 Å². The number of amides is 2. The Balaban J connectivity index is 1.66. The molecule has 0 aliphatic rings. The molecule has 0 saturated heterocycles. The lowest BCUT2D eigenvalue weighted by molar-refractivity contribution is -0.112. The zero-order chi connectivity index (χ0) is 29.7. The van der Waals surface area contributed by atoms with Crippen LogP contribution in [0, 0.1) is 6.92 Å². The molecule has 9 heteroatoms. The SMILES string of the molecule is Cc1ccc(NC(=O)O[C@@H](c2cccc(OCCO)c2)[C@H](/C=C/C(=O)Nc2ccccc2N)Oc2ccccc2)cc1. The lowest BCUT2D eigenvalue weighted by Crippen LogP contribution is -2.30. The summed E-state index contributed by atoms with van der Waals surface area (Å²) in [6, 6.07) is 30.1. The predicted molar refractivity (Wildman–Crippen MR) is 163 cm³/mol. The van der Waals surface area contributed by atoms with E-state index >= 15 is 0 Å². The highest BCUT2D eigenvalue weighted by atomic mass is 16.6. The Kier molecular flexibility index (Phi) is 10.6. The van der Waals surface area contributed by atoms with Crippen molar-refractivity contribution in [3.05, 3.63) is 126 Å². The van der Waals surface area contributed by atoms with Crippen LogP contribution in [0.4, 0.5) is 21.9 Å². The van der Waals surface area contributed by atoms with Gasteiger partial charge in [0.05, 0.1) is 18.0 Å². The van der Waals surface area contributed by atoms with Crippen LogP contribution >= 0.6 is 0 Å². The molecule has 0 aliphatic heterocycles. The fourth-order valence-electron chi connectivity index (χ4n) is 3.99. The standard InChI is InChI=1S/C33H33N3O6/c1-23-14-16-25(17-15-23)35-33(39)42-32(24-8-7-11-27(22-24)40-21-20-37)30(41-26-9-3-2-4-10-26)18-19-31(38)36-29-13-6-5-12-28(29)34/h2-19,22,30,32,37H,20-21,34H2,1H3,(H,35,39)(H,36,38)/b19-18+/t30-,32-/m0/s1. The first-order valence-corrected chi connectivity index (χ1v) is 13.3. The maximum absolute atomic E-state index is 13.1. The van der Waals surface area contributed by atoms with Gasteiger partial charge in [0.15, 0.2) is 12.2 Å². The third-order valence-corrected chi connectivity index (χ3v) is 6.05. The summed E-state index contributed by atoms with van der Waals surface area (Å²) in [5.74, 6) is 0.520. The summed E-state index contributed by atoms with van der Waals surface area (Å²) in [7, 11) is 0. The Morgan fingerprint density at radius 2 is 1.60 bits per heavy atom. The predicted octanol–water partition coefficient (Wildman–Crippen LogP) is 5.88. The van der Waals surface area contributed by atoms with Gasteiger partial charge in [0, 0.05) is 17.3 Å². The molecule has 2 amide bonds. The molecule has 0 bridgehead atoms. The van der Waals surface area contributed by atoms with Crippen LogP contribution in [-0.2, 0) is 9.53 Å². The van der Waals surface area contributed by atoms with Crippen LogP contribution in [0.5, 0.6) is 11.5 Å². The van der Waals surface area contributed by atoms with Crippen LogP contribution < -0.4 is 25.8 Å². The average Bonchev–Trinajstić information content (AvgIpc) is 3.00. The maximum atomic E-state index is 13.1. The highest BCUT2D eigenvalue weighted by molar-refractivity contribution is 6.01. The van der Waals surface area contributed by atoms with E-state index in [4.69, 9.17) is 19.9 Å². The number of rotatable bonds is 12. The molecule has 42 heavy (non-hydrogen) atoms. The molecule has 0 aliphatic carbocycles. The molecule has 0 fully saturated rings. The number of para-hydroxylation sites is 3. The Labute approximate surface area is 244 Å². The van der Waals surface area contributed by atoms with Gasteiger partial charge in [-0.25, -0.2) is 4.79 Å². The molecule has 9 nitrogen and oxygen atoms in total. The van der Waals surface area contributed by atoms with Gasteiger partial charge in [-0.15, -0.1) is 0 Å². The quantitative estimate of drug-likeness (QED) is 0.124. The van der Waals surface area contributed by atoms with Crippen molar-refractivity contribution < 1.29 is 28.9 Å². The largest absolute Gasteiger partial charge is 0.491 e. The maximum Gasteiger partial charge on any atom is 0.412 e. The number of benzene rings is 4.